The van der Waals surface area contributed by atoms with Crippen LogP contribution in [0.1, 0.15) is 23.1 Å². The van der Waals surface area contributed by atoms with Gasteiger partial charge in [-0.3, -0.25) is 4.79 Å². The molecule has 1 unspecified atom stereocenters. The van der Waals surface area contributed by atoms with Gasteiger partial charge in [-0.1, -0.05) is 60.3 Å². The number of benzene rings is 2. The maximum absolute atomic E-state index is 11.9. The van der Waals surface area contributed by atoms with E-state index in [0.29, 0.717) is 16.5 Å². The van der Waals surface area contributed by atoms with Crippen LogP contribution in [0.3, 0.4) is 0 Å². The smallest absolute Gasteiger partial charge is 0.248 e. The third-order valence-corrected chi connectivity index (χ3v) is 5.24. The Bertz CT molecular complexity index is 1140. The predicted molar refractivity (Wildman–Crippen MR) is 105 cm³/mol. The minimum absolute atomic E-state index is 0.154. The van der Waals surface area contributed by atoms with E-state index < -0.39 is 6.10 Å². The van der Waals surface area contributed by atoms with Gasteiger partial charge < -0.3 is 15.9 Å². The van der Waals surface area contributed by atoms with E-state index >= 15 is 0 Å². The number of aliphatic hydroxyl groups excluding tert-OH is 1. The molecular formula is C19H17N5O2S. The van der Waals surface area contributed by atoms with Gasteiger partial charge in [0.2, 0.25) is 10.7 Å². The molecule has 1 atom stereocenters. The Morgan fingerprint density at radius 3 is 2.67 bits per heavy atom. The largest absolute Gasteiger partial charge is 0.380 e. The van der Waals surface area contributed by atoms with Gasteiger partial charge in [0.25, 0.3) is 0 Å². The first-order valence-corrected chi connectivity index (χ1v) is 9.29. The quantitative estimate of drug-likeness (QED) is 0.362. The van der Waals surface area contributed by atoms with Crippen molar-refractivity contribution < 1.29 is 5.11 Å². The number of para-hydroxylation sites is 1. The number of nitrogens with zero attached hydrogens (tertiary/aromatic N) is 3. The molecule has 0 saturated heterocycles. The number of nitrogen functional groups attached to an aromatic ring is 1. The predicted octanol–water partition coefficient (Wildman–Crippen LogP) is 2.21. The summed E-state index contributed by atoms with van der Waals surface area (Å²) in [6, 6.07) is 18.3. The fourth-order valence-corrected chi connectivity index (χ4v) is 3.75. The molecule has 0 aliphatic heterocycles. The van der Waals surface area contributed by atoms with Crippen molar-refractivity contribution in [2.45, 2.75) is 17.0 Å². The van der Waals surface area contributed by atoms with E-state index in [1.807, 2.05) is 42.5 Å². The number of nitrogens with two attached hydrogens (primary N) is 1. The SMILES string of the molecule is Nn1c(SCc2cc(=O)[nH]c3ccccc23)nnc1C(O)c1ccccc1. The Hall–Kier alpha value is -3.10. The molecule has 0 amide bonds. The number of aromatic amines is 1. The van der Waals surface area contributed by atoms with Gasteiger partial charge in [-0.05, 0) is 17.2 Å². The number of H-pyrrole nitrogens is 1. The van der Waals surface area contributed by atoms with Crippen molar-refractivity contribution in [3.8, 4) is 0 Å². The number of thioether (sulfide) groups is 1. The summed E-state index contributed by atoms with van der Waals surface area (Å²) in [7, 11) is 0. The molecule has 0 aliphatic carbocycles. The maximum atomic E-state index is 11.9. The second-order valence-electron chi connectivity index (χ2n) is 6.02. The second-order valence-corrected chi connectivity index (χ2v) is 6.96. The lowest BCUT2D eigenvalue weighted by Crippen LogP contribution is -2.17. The lowest BCUT2D eigenvalue weighted by molar-refractivity contribution is 0.206. The topological polar surface area (TPSA) is 110 Å². The lowest BCUT2D eigenvalue weighted by Gasteiger charge is -2.10. The van der Waals surface area contributed by atoms with Crippen LogP contribution in [-0.4, -0.2) is 25.0 Å². The van der Waals surface area contributed by atoms with Crippen molar-refractivity contribution in [3.63, 3.8) is 0 Å². The van der Waals surface area contributed by atoms with Crippen LogP contribution in [-0.2, 0) is 5.75 Å². The van der Waals surface area contributed by atoms with E-state index in [-0.39, 0.29) is 11.4 Å². The Labute approximate surface area is 158 Å². The van der Waals surface area contributed by atoms with Gasteiger partial charge in [-0.2, -0.15) is 0 Å². The van der Waals surface area contributed by atoms with E-state index in [1.54, 1.807) is 18.2 Å². The van der Waals surface area contributed by atoms with Gasteiger partial charge in [0.1, 0.15) is 6.10 Å². The van der Waals surface area contributed by atoms with Crippen LogP contribution in [0.2, 0.25) is 0 Å². The van der Waals surface area contributed by atoms with Gasteiger partial charge in [0.05, 0.1) is 0 Å². The van der Waals surface area contributed by atoms with E-state index in [9.17, 15) is 9.90 Å². The van der Waals surface area contributed by atoms with Crippen molar-refractivity contribution in [1.29, 1.82) is 0 Å². The van der Waals surface area contributed by atoms with E-state index in [1.165, 1.54) is 16.4 Å². The number of nitrogens with one attached hydrogen (secondary N) is 1. The summed E-state index contributed by atoms with van der Waals surface area (Å²) in [4.78, 5) is 14.7. The van der Waals surface area contributed by atoms with Crippen LogP contribution < -0.4 is 11.4 Å². The first kappa shape index (κ1) is 17.3. The molecule has 136 valence electrons. The van der Waals surface area contributed by atoms with Gasteiger partial charge in [-0.25, -0.2) is 4.68 Å². The first-order valence-electron chi connectivity index (χ1n) is 8.30. The van der Waals surface area contributed by atoms with Crippen molar-refractivity contribution >= 4 is 22.7 Å². The highest BCUT2D eigenvalue weighted by molar-refractivity contribution is 7.98. The minimum Gasteiger partial charge on any atom is -0.380 e. The van der Waals surface area contributed by atoms with Gasteiger partial charge in [0, 0.05) is 22.7 Å². The number of aromatic nitrogens is 4. The molecule has 4 aromatic rings. The standard InChI is InChI=1S/C19H17N5O2S/c20-24-18(17(26)12-6-2-1-3-7-12)22-23-19(24)27-11-13-10-16(25)21-15-9-5-4-8-14(13)15/h1-10,17,26H,11,20H2,(H,21,25). The summed E-state index contributed by atoms with van der Waals surface area (Å²) in [5.74, 6) is 6.86. The lowest BCUT2D eigenvalue weighted by atomic mass is 10.1. The van der Waals surface area contributed by atoms with Crippen molar-refractivity contribution in [2.24, 2.45) is 0 Å². The molecule has 0 radical (unpaired) electrons. The average molecular weight is 379 g/mol. The van der Waals surface area contributed by atoms with Crippen LogP contribution >= 0.6 is 11.8 Å². The Morgan fingerprint density at radius 1 is 1.11 bits per heavy atom. The number of hydrogen-bond acceptors (Lipinski definition) is 6. The number of pyridine rings is 1. The summed E-state index contributed by atoms with van der Waals surface area (Å²) in [5.41, 5.74) is 2.20. The summed E-state index contributed by atoms with van der Waals surface area (Å²) in [5, 5.41) is 20.0. The van der Waals surface area contributed by atoms with Crippen LogP contribution in [0.4, 0.5) is 0 Å². The second kappa shape index (κ2) is 7.26. The molecule has 2 aromatic carbocycles. The summed E-state index contributed by atoms with van der Waals surface area (Å²) >= 11 is 1.36. The Kier molecular flexibility index (Phi) is 4.66. The molecule has 8 heteroatoms. The average Bonchev–Trinajstić information content (AvgIpc) is 3.06. The molecule has 7 nitrogen and oxygen atoms in total. The fourth-order valence-electron chi connectivity index (χ4n) is 2.90. The molecule has 27 heavy (non-hydrogen) atoms. The minimum atomic E-state index is -0.960. The van der Waals surface area contributed by atoms with Crippen molar-refractivity contribution in [3.05, 3.63) is 88.0 Å². The third-order valence-electron chi connectivity index (χ3n) is 4.24. The number of aliphatic hydroxyl groups is 1. The number of fused-ring (bicyclic) bond motifs is 1. The molecule has 0 spiro atoms. The van der Waals surface area contributed by atoms with Crippen LogP contribution in [0.15, 0.2) is 70.6 Å². The summed E-state index contributed by atoms with van der Waals surface area (Å²) in [6.07, 6.45) is -0.960. The molecule has 4 N–H and O–H groups in total. The van der Waals surface area contributed by atoms with Crippen LogP contribution in [0.5, 0.6) is 0 Å². The third kappa shape index (κ3) is 3.44. The number of rotatable bonds is 5. The zero-order valence-electron chi connectivity index (χ0n) is 14.2. The van der Waals surface area contributed by atoms with E-state index in [0.717, 1.165) is 16.5 Å². The van der Waals surface area contributed by atoms with Crippen LogP contribution in [0.25, 0.3) is 10.9 Å². The molecule has 0 bridgehead atoms. The highest BCUT2D eigenvalue weighted by atomic mass is 32.2. The molecule has 0 saturated carbocycles. The highest BCUT2D eigenvalue weighted by Gasteiger charge is 2.20. The molecule has 0 aliphatic rings. The van der Waals surface area contributed by atoms with E-state index in [2.05, 4.69) is 15.2 Å². The zero-order valence-corrected chi connectivity index (χ0v) is 15.1. The molecule has 0 fully saturated rings. The highest BCUT2D eigenvalue weighted by Crippen LogP contribution is 2.26. The monoisotopic (exact) mass is 379 g/mol. The molecular weight excluding hydrogens is 362 g/mol. The summed E-state index contributed by atoms with van der Waals surface area (Å²) < 4.78 is 1.29. The van der Waals surface area contributed by atoms with Gasteiger partial charge in [0.15, 0.2) is 5.82 Å². The fraction of sp³-hybridized carbons (Fsp3) is 0.105. The first-order chi connectivity index (χ1) is 13.1. The van der Waals surface area contributed by atoms with Crippen LogP contribution in [0, 0.1) is 0 Å². The maximum Gasteiger partial charge on any atom is 0.248 e. The van der Waals surface area contributed by atoms with Crippen molar-refractivity contribution in [2.75, 3.05) is 5.84 Å². The normalized spacial score (nSPS) is 12.3. The Balaban J connectivity index is 1.58. The van der Waals surface area contributed by atoms with Crippen molar-refractivity contribution in [1.82, 2.24) is 19.9 Å². The zero-order chi connectivity index (χ0) is 18.8. The molecule has 2 heterocycles. The number of hydrogen-bond donors (Lipinski definition) is 3. The molecule has 2 aromatic heterocycles. The van der Waals surface area contributed by atoms with E-state index in [4.69, 9.17) is 5.84 Å². The van der Waals surface area contributed by atoms with Gasteiger partial charge >= 0.3 is 0 Å². The summed E-state index contributed by atoms with van der Waals surface area (Å²) in [6.45, 7) is 0. The van der Waals surface area contributed by atoms with Gasteiger partial charge in [-0.15, -0.1) is 10.2 Å². The Morgan fingerprint density at radius 2 is 1.85 bits per heavy atom. The molecule has 4 rings (SSSR count).